The molecule has 1 aromatic rings. The second kappa shape index (κ2) is 5.29. The van der Waals surface area contributed by atoms with Crippen molar-refractivity contribution in [2.75, 3.05) is 0 Å². The Bertz CT molecular complexity index is 449. The largest absolute Gasteiger partial charge is 0.331 e. The van der Waals surface area contributed by atoms with Crippen LogP contribution in [0.3, 0.4) is 0 Å². The van der Waals surface area contributed by atoms with Gasteiger partial charge in [0.15, 0.2) is 0 Å². The van der Waals surface area contributed by atoms with Crippen LogP contribution in [0.5, 0.6) is 0 Å². The molecule has 4 heteroatoms. The lowest BCUT2D eigenvalue weighted by Gasteiger charge is -2.32. The fraction of sp³-hybridized carbons (Fsp3) is 0.500. The molecule has 3 unspecified atom stereocenters. The highest BCUT2D eigenvalue weighted by atomic mass is 35.5. The predicted molar refractivity (Wildman–Crippen MR) is 73.4 cm³/mol. The van der Waals surface area contributed by atoms with Gasteiger partial charge in [-0.15, -0.1) is 0 Å². The van der Waals surface area contributed by atoms with Crippen molar-refractivity contribution in [2.24, 2.45) is 5.73 Å². The topological polar surface area (TPSA) is 46.3 Å². The molecule has 1 aromatic carbocycles. The van der Waals surface area contributed by atoms with Crippen LogP contribution in [0.25, 0.3) is 0 Å². The van der Waals surface area contributed by atoms with Crippen LogP contribution in [0.4, 0.5) is 0 Å². The van der Waals surface area contributed by atoms with Gasteiger partial charge in [0.05, 0.1) is 6.04 Å². The van der Waals surface area contributed by atoms with Crippen molar-refractivity contribution in [3.05, 3.63) is 34.9 Å². The van der Waals surface area contributed by atoms with Crippen LogP contribution in [-0.2, 0) is 4.79 Å². The monoisotopic (exact) mass is 266 g/mol. The summed E-state index contributed by atoms with van der Waals surface area (Å²) in [6.45, 7) is 4.14. The first kappa shape index (κ1) is 13.4. The number of hydrogen-bond donors (Lipinski definition) is 1. The van der Waals surface area contributed by atoms with E-state index in [1.165, 1.54) is 0 Å². The SMILES string of the molecule is CCC(C)N1C(=O)CC(N)C1c1cccc(Cl)c1. The Balaban J connectivity index is 2.36. The van der Waals surface area contributed by atoms with Gasteiger partial charge in [0, 0.05) is 23.5 Å². The number of rotatable bonds is 3. The Morgan fingerprint density at radius 2 is 2.28 bits per heavy atom. The number of nitrogens with two attached hydrogens (primary N) is 1. The third kappa shape index (κ3) is 2.38. The molecule has 0 radical (unpaired) electrons. The summed E-state index contributed by atoms with van der Waals surface area (Å²) in [6.07, 6.45) is 1.34. The molecule has 0 aromatic heterocycles. The molecule has 98 valence electrons. The Hall–Kier alpha value is -1.06. The van der Waals surface area contributed by atoms with Crippen LogP contribution in [0.2, 0.25) is 5.02 Å². The first-order chi connectivity index (χ1) is 8.54. The van der Waals surface area contributed by atoms with Gasteiger partial charge in [-0.05, 0) is 31.0 Å². The van der Waals surface area contributed by atoms with Crippen LogP contribution >= 0.6 is 11.6 Å². The number of likely N-dealkylation sites (tertiary alicyclic amines) is 1. The van der Waals surface area contributed by atoms with Crippen molar-refractivity contribution in [1.29, 1.82) is 0 Å². The molecular weight excluding hydrogens is 248 g/mol. The second-order valence-corrected chi connectivity index (χ2v) is 5.36. The number of carbonyl (C=O) groups is 1. The minimum absolute atomic E-state index is 0.0499. The van der Waals surface area contributed by atoms with Crippen molar-refractivity contribution in [3.63, 3.8) is 0 Å². The highest BCUT2D eigenvalue weighted by Gasteiger charge is 2.40. The number of halogens is 1. The molecular formula is C14H19ClN2O. The average molecular weight is 267 g/mol. The van der Waals surface area contributed by atoms with E-state index in [0.717, 1.165) is 12.0 Å². The highest BCUT2D eigenvalue weighted by molar-refractivity contribution is 6.30. The number of nitrogens with zero attached hydrogens (tertiary/aromatic N) is 1. The molecule has 2 N–H and O–H groups in total. The Kier molecular flexibility index (Phi) is 3.93. The third-order valence-corrected chi connectivity index (χ3v) is 3.89. The van der Waals surface area contributed by atoms with E-state index in [0.29, 0.717) is 11.4 Å². The lowest BCUT2D eigenvalue weighted by molar-refractivity contribution is -0.131. The molecule has 18 heavy (non-hydrogen) atoms. The average Bonchev–Trinajstić information content (AvgIpc) is 2.63. The number of benzene rings is 1. The van der Waals surface area contributed by atoms with E-state index in [4.69, 9.17) is 17.3 Å². The van der Waals surface area contributed by atoms with E-state index < -0.39 is 0 Å². The van der Waals surface area contributed by atoms with E-state index in [2.05, 4.69) is 13.8 Å². The smallest absolute Gasteiger partial charge is 0.225 e. The maximum absolute atomic E-state index is 12.1. The van der Waals surface area contributed by atoms with Crippen molar-refractivity contribution < 1.29 is 4.79 Å². The zero-order valence-corrected chi connectivity index (χ0v) is 11.5. The summed E-state index contributed by atoms with van der Waals surface area (Å²) in [4.78, 5) is 14.0. The van der Waals surface area contributed by atoms with Gasteiger partial charge in [0.25, 0.3) is 0 Å². The van der Waals surface area contributed by atoms with Crippen LogP contribution in [0, 0.1) is 0 Å². The molecule has 1 saturated heterocycles. The van der Waals surface area contributed by atoms with Gasteiger partial charge in [-0.25, -0.2) is 0 Å². The predicted octanol–water partition coefficient (Wildman–Crippen LogP) is 2.74. The van der Waals surface area contributed by atoms with Crippen molar-refractivity contribution in [1.82, 2.24) is 4.90 Å². The zero-order chi connectivity index (χ0) is 13.3. The van der Waals surface area contributed by atoms with Gasteiger partial charge in [-0.1, -0.05) is 30.7 Å². The minimum Gasteiger partial charge on any atom is -0.331 e. The Morgan fingerprint density at radius 3 is 2.89 bits per heavy atom. The molecule has 1 heterocycles. The van der Waals surface area contributed by atoms with Crippen LogP contribution in [0.1, 0.15) is 38.3 Å². The van der Waals surface area contributed by atoms with Gasteiger partial charge in [0.2, 0.25) is 5.91 Å². The molecule has 1 amide bonds. The van der Waals surface area contributed by atoms with Gasteiger partial charge >= 0.3 is 0 Å². The molecule has 1 aliphatic rings. The molecule has 0 bridgehead atoms. The number of carbonyl (C=O) groups excluding carboxylic acids is 1. The van der Waals surface area contributed by atoms with Gasteiger partial charge < -0.3 is 10.6 Å². The maximum atomic E-state index is 12.1. The standard InChI is InChI=1S/C14H19ClN2O/c1-3-9(2)17-13(18)8-12(16)14(17)10-5-4-6-11(15)7-10/h4-7,9,12,14H,3,8,16H2,1-2H3. The van der Waals surface area contributed by atoms with E-state index in [9.17, 15) is 4.79 Å². The van der Waals surface area contributed by atoms with E-state index in [-0.39, 0.29) is 24.0 Å². The highest BCUT2D eigenvalue weighted by Crippen LogP contribution is 2.35. The summed E-state index contributed by atoms with van der Waals surface area (Å²) in [7, 11) is 0. The maximum Gasteiger partial charge on any atom is 0.225 e. The molecule has 0 spiro atoms. The normalized spacial score (nSPS) is 25.6. The van der Waals surface area contributed by atoms with Crippen LogP contribution < -0.4 is 5.73 Å². The molecule has 3 nitrogen and oxygen atoms in total. The molecule has 0 aliphatic carbocycles. The first-order valence-electron chi connectivity index (χ1n) is 6.36. The fourth-order valence-corrected chi connectivity index (χ4v) is 2.79. The summed E-state index contributed by atoms with van der Waals surface area (Å²) in [5.41, 5.74) is 7.16. The van der Waals surface area contributed by atoms with Gasteiger partial charge in [-0.3, -0.25) is 4.79 Å². The minimum atomic E-state index is -0.148. The fourth-order valence-electron chi connectivity index (χ4n) is 2.60. The summed E-state index contributed by atoms with van der Waals surface area (Å²) < 4.78 is 0. The van der Waals surface area contributed by atoms with E-state index in [1.807, 2.05) is 29.2 Å². The summed E-state index contributed by atoms with van der Waals surface area (Å²) in [6, 6.07) is 7.64. The quantitative estimate of drug-likeness (QED) is 0.914. The van der Waals surface area contributed by atoms with E-state index in [1.54, 1.807) is 0 Å². The van der Waals surface area contributed by atoms with Crippen LogP contribution in [-0.4, -0.2) is 22.9 Å². The number of amides is 1. The van der Waals surface area contributed by atoms with E-state index >= 15 is 0 Å². The van der Waals surface area contributed by atoms with Gasteiger partial charge in [0.1, 0.15) is 0 Å². The lowest BCUT2D eigenvalue weighted by atomic mass is 10.00. The molecule has 3 atom stereocenters. The summed E-state index contributed by atoms with van der Waals surface area (Å²) in [5.74, 6) is 0.141. The summed E-state index contributed by atoms with van der Waals surface area (Å²) in [5, 5.41) is 0.683. The molecule has 2 rings (SSSR count). The third-order valence-electron chi connectivity index (χ3n) is 3.66. The second-order valence-electron chi connectivity index (χ2n) is 4.93. The summed E-state index contributed by atoms with van der Waals surface area (Å²) >= 11 is 6.02. The van der Waals surface area contributed by atoms with Crippen molar-refractivity contribution in [3.8, 4) is 0 Å². The van der Waals surface area contributed by atoms with Crippen LogP contribution in [0.15, 0.2) is 24.3 Å². The zero-order valence-electron chi connectivity index (χ0n) is 10.8. The Morgan fingerprint density at radius 1 is 1.56 bits per heavy atom. The first-order valence-corrected chi connectivity index (χ1v) is 6.74. The molecule has 1 aliphatic heterocycles. The molecule has 1 fully saturated rings. The lowest BCUT2D eigenvalue weighted by Crippen LogP contribution is -2.38. The molecule has 0 saturated carbocycles. The number of hydrogen-bond acceptors (Lipinski definition) is 2. The van der Waals surface area contributed by atoms with Gasteiger partial charge in [-0.2, -0.15) is 0 Å². The van der Waals surface area contributed by atoms with Crippen molar-refractivity contribution in [2.45, 2.75) is 44.8 Å². The van der Waals surface area contributed by atoms with Crippen molar-refractivity contribution >= 4 is 17.5 Å². The Labute approximate surface area is 113 Å².